The van der Waals surface area contributed by atoms with Crippen molar-refractivity contribution < 1.29 is 9.32 Å². The minimum Gasteiger partial charge on any atom is -0.455 e. The number of pyridine rings is 1. The number of hydrogen-bond donors (Lipinski definition) is 1. The van der Waals surface area contributed by atoms with Gasteiger partial charge in [-0.1, -0.05) is 18.2 Å². The first-order valence-corrected chi connectivity index (χ1v) is 10.5. The van der Waals surface area contributed by atoms with E-state index in [2.05, 4.69) is 28.2 Å². The number of nitrogens with one attached hydrogen (secondary N) is 1. The average Bonchev–Trinajstić information content (AvgIpc) is 3.17. The molecule has 5 heterocycles. The molecule has 4 aromatic rings. The van der Waals surface area contributed by atoms with Crippen LogP contribution in [0.25, 0.3) is 22.1 Å². The fraction of sp³-hybridized carbons (Fsp3) is 0.292. The Hall–Kier alpha value is -3.25. The molecular weight excluding hydrogens is 376 g/mol. The van der Waals surface area contributed by atoms with Gasteiger partial charge in [-0.15, -0.1) is 0 Å². The SMILES string of the molecule is O=c1c(-c2cncnc2)ccc2n1C[C@H]1C[C@@H]2C[NH+](Cc2cc3ccccc3o2)C1. The Labute approximate surface area is 173 Å². The van der Waals surface area contributed by atoms with Crippen molar-refractivity contribution in [3.63, 3.8) is 0 Å². The Morgan fingerprint density at radius 1 is 1.10 bits per heavy atom. The summed E-state index contributed by atoms with van der Waals surface area (Å²) in [5, 5.41) is 1.17. The van der Waals surface area contributed by atoms with Gasteiger partial charge in [0.05, 0.1) is 18.7 Å². The predicted molar refractivity (Wildman–Crippen MR) is 113 cm³/mol. The van der Waals surface area contributed by atoms with E-state index in [0.717, 1.165) is 49.5 Å². The maximum Gasteiger partial charge on any atom is 0.258 e. The molecule has 0 aliphatic carbocycles. The quantitative estimate of drug-likeness (QED) is 0.574. The molecule has 0 amide bonds. The lowest BCUT2D eigenvalue weighted by molar-refractivity contribution is -0.925. The molecule has 1 saturated heterocycles. The molecule has 0 spiro atoms. The zero-order valence-electron chi connectivity index (χ0n) is 16.6. The molecule has 150 valence electrons. The third-order valence-electron chi connectivity index (χ3n) is 6.57. The molecule has 6 heteroatoms. The lowest BCUT2D eigenvalue weighted by Gasteiger charge is -2.40. The number of nitrogens with zero attached hydrogens (tertiary/aromatic N) is 3. The van der Waals surface area contributed by atoms with E-state index in [1.165, 1.54) is 22.3 Å². The van der Waals surface area contributed by atoms with Crippen LogP contribution >= 0.6 is 0 Å². The molecule has 30 heavy (non-hydrogen) atoms. The molecule has 0 radical (unpaired) electrons. The highest BCUT2D eigenvalue weighted by atomic mass is 16.3. The zero-order valence-corrected chi connectivity index (χ0v) is 16.6. The Kier molecular flexibility index (Phi) is 4.06. The minimum absolute atomic E-state index is 0.0812. The van der Waals surface area contributed by atoms with Crippen molar-refractivity contribution in [3.05, 3.63) is 83.0 Å². The number of fused-ring (bicyclic) bond motifs is 5. The normalized spacial score (nSPS) is 22.7. The summed E-state index contributed by atoms with van der Waals surface area (Å²) in [6.45, 7) is 3.78. The zero-order chi connectivity index (χ0) is 20.1. The van der Waals surface area contributed by atoms with Crippen LogP contribution in [0.4, 0.5) is 0 Å². The molecule has 1 N–H and O–H groups in total. The molecular formula is C24H23N4O2+. The van der Waals surface area contributed by atoms with Gasteiger partial charge in [-0.2, -0.15) is 0 Å². The maximum atomic E-state index is 13.2. The van der Waals surface area contributed by atoms with Gasteiger partial charge in [0, 0.05) is 47.4 Å². The summed E-state index contributed by atoms with van der Waals surface area (Å²) in [5.74, 6) is 1.96. The second-order valence-electron chi connectivity index (χ2n) is 8.60. The molecule has 6 rings (SSSR count). The van der Waals surface area contributed by atoms with Crippen LogP contribution in [0.5, 0.6) is 0 Å². The third-order valence-corrected chi connectivity index (χ3v) is 6.57. The summed E-state index contributed by atoms with van der Waals surface area (Å²) in [6.07, 6.45) is 6.07. The second-order valence-corrected chi connectivity index (χ2v) is 8.60. The first kappa shape index (κ1) is 17.6. The predicted octanol–water partition coefficient (Wildman–Crippen LogP) is 2.25. The molecule has 1 unspecified atom stereocenters. The summed E-state index contributed by atoms with van der Waals surface area (Å²) >= 11 is 0. The van der Waals surface area contributed by atoms with E-state index in [9.17, 15) is 4.79 Å². The van der Waals surface area contributed by atoms with E-state index in [1.54, 1.807) is 12.4 Å². The van der Waals surface area contributed by atoms with Crippen molar-refractivity contribution in [2.24, 2.45) is 5.92 Å². The molecule has 0 saturated carbocycles. The largest absolute Gasteiger partial charge is 0.455 e. The van der Waals surface area contributed by atoms with Crippen molar-refractivity contribution in [1.82, 2.24) is 14.5 Å². The van der Waals surface area contributed by atoms with Gasteiger partial charge >= 0.3 is 0 Å². The fourth-order valence-corrected chi connectivity index (χ4v) is 5.34. The average molecular weight is 399 g/mol. The number of likely N-dealkylation sites (tertiary alicyclic amines) is 1. The summed E-state index contributed by atoms with van der Waals surface area (Å²) < 4.78 is 8.06. The van der Waals surface area contributed by atoms with Crippen molar-refractivity contribution in [2.75, 3.05) is 13.1 Å². The molecule has 2 bridgehead atoms. The summed E-state index contributed by atoms with van der Waals surface area (Å²) in [6, 6.07) is 14.4. The number of piperidine rings is 1. The topological polar surface area (TPSA) is 65.4 Å². The van der Waals surface area contributed by atoms with Crippen LogP contribution in [0.1, 0.15) is 23.8 Å². The van der Waals surface area contributed by atoms with Gasteiger partial charge in [-0.05, 0) is 30.7 Å². The van der Waals surface area contributed by atoms with Crippen molar-refractivity contribution in [1.29, 1.82) is 0 Å². The van der Waals surface area contributed by atoms with Crippen LogP contribution in [0.15, 0.2) is 70.4 Å². The van der Waals surface area contributed by atoms with Gasteiger partial charge < -0.3 is 13.9 Å². The molecule has 1 aromatic carbocycles. The first-order valence-electron chi connectivity index (χ1n) is 10.5. The lowest BCUT2D eigenvalue weighted by atomic mass is 9.83. The van der Waals surface area contributed by atoms with E-state index in [-0.39, 0.29) is 5.56 Å². The number of benzene rings is 1. The van der Waals surface area contributed by atoms with E-state index in [0.29, 0.717) is 17.4 Å². The van der Waals surface area contributed by atoms with Crippen LogP contribution in [0.2, 0.25) is 0 Å². The third kappa shape index (κ3) is 2.95. The van der Waals surface area contributed by atoms with E-state index >= 15 is 0 Å². The smallest absolute Gasteiger partial charge is 0.258 e. The highest BCUT2D eigenvalue weighted by molar-refractivity contribution is 5.77. The van der Waals surface area contributed by atoms with Crippen molar-refractivity contribution in [3.8, 4) is 11.1 Å². The van der Waals surface area contributed by atoms with Gasteiger partial charge in [0.25, 0.3) is 5.56 Å². The standard InChI is InChI=1S/C24H22N4O2/c29-24-21(19-9-25-15-26-10-19)5-6-22-18-7-16(12-28(22)24)11-27(13-18)14-20-8-17-3-1-2-4-23(17)30-20/h1-6,8-10,15-16,18H,7,11-14H2/p+1/t16-,18+/m0/s1. The van der Waals surface area contributed by atoms with E-state index in [1.807, 2.05) is 28.8 Å². The molecule has 2 aliphatic rings. The first-order chi connectivity index (χ1) is 14.7. The van der Waals surface area contributed by atoms with Crippen molar-refractivity contribution in [2.45, 2.75) is 25.4 Å². The minimum atomic E-state index is 0.0812. The van der Waals surface area contributed by atoms with Gasteiger partial charge in [0.2, 0.25) is 0 Å². The van der Waals surface area contributed by atoms with Crippen LogP contribution in [-0.2, 0) is 13.1 Å². The highest BCUT2D eigenvalue weighted by Gasteiger charge is 2.37. The lowest BCUT2D eigenvalue weighted by Crippen LogP contribution is -3.13. The number of quaternary nitrogens is 1. The molecule has 1 fully saturated rings. The summed E-state index contributed by atoms with van der Waals surface area (Å²) in [7, 11) is 0. The summed E-state index contributed by atoms with van der Waals surface area (Å²) in [5.41, 5.74) is 3.67. The Morgan fingerprint density at radius 3 is 2.83 bits per heavy atom. The number of aromatic nitrogens is 3. The Bertz CT molecular complexity index is 1240. The van der Waals surface area contributed by atoms with Gasteiger partial charge in [-0.3, -0.25) is 4.79 Å². The monoisotopic (exact) mass is 399 g/mol. The van der Waals surface area contributed by atoms with Crippen LogP contribution in [0, 0.1) is 5.92 Å². The Balaban J connectivity index is 1.28. The van der Waals surface area contributed by atoms with Gasteiger partial charge in [0.1, 0.15) is 18.5 Å². The van der Waals surface area contributed by atoms with Crippen LogP contribution in [-0.4, -0.2) is 27.6 Å². The Morgan fingerprint density at radius 2 is 1.97 bits per heavy atom. The van der Waals surface area contributed by atoms with E-state index < -0.39 is 0 Å². The number of rotatable bonds is 3. The fourth-order valence-electron chi connectivity index (χ4n) is 5.34. The number of hydrogen-bond acceptors (Lipinski definition) is 4. The van der Waals surface area contributed by atoms with Crippen LogP contribution in [0.3, 0.4) is 0 Å². The molecule has 3 aromatic heterocycles. The molecule has 6 nitrogen and oxygen atoms in total. The van der Waals surface area contributed by atoms with Crippen molar-refractivity contribution >= 4 is 11.0 Å². The van der Waals surface area contributed by atoms with Gasteiger partial charge in [0.15, 0.2) is 5.76 Å². The van der Waals surface area contributed by atoms with E-state index in [4.69, 9.17) is 4.42 Å². The summed E-state index contributed by atoms with van der Waals surface area (Å²) in [4.78, 5) is 22.9. The number of para-hydroxylation sites is 1. The maximum absolute atomic E-state index is 13.2. The second kappa shape index (κ2) is 6.92. The van der Waals surface area contributed by atoms with Crippen LogP contribution < -0.4 is 10.5 Å². The molecule has 2 aliphatic heterocycles. The van der Waals surface area contributed by atoms with Gasteiger partial charge in [-0.25, -0.2) is 9.97 Å². The molecule has 3 atom stereocenters. The number of furan rings is 1. The highest BCUT2D eigenvalue weighted by Crippen LogP contribution is 2.31.